The van der Waals surface area contributed by atoms with E-state index in [9.17, 15) is 22.6 Å². The van der Waals surface area contributed by atoms with Gasteiger partial charge in [-0.2, -0.15) is 8.42 Å². The summed E-state index contributed by atoms with van der Waals surface area (Å²) < 4.78 is 38.2. The molecule has 0 atom stereocenters. The molecule has 3 aromatic carbocycles. The number of ether oxygens (including phenoxy) is 1. The van der Waals surface area contributed by atoms with Crippen LogP contribution in [0.3, 0.4) is 0 Å². The van der Waals surface area contributed by atoms with Gasteiger partial charge >= 0.3 is 0 Å². The number of rotatable bonds is 15. The molecule has 0 heterocycles. The summed E-state index contributed by atoms with van der Waals surface area (Å²) in [7, 11) is -4.36. The summed E-state index contributed by atoms with van der Waals surface area (Å²) in [6.45, 7) is 2.64. The van der Waals surface area contributed by atoms with Gasteiger partial charge in [-0.05, 0) is 30.7 Å². The zero-order valence-corrected chi connectivity index (χ0v) is 27.3. The van der Waals surface area contributed by atoms with Crippen LogP contribution in [0.1, 0.15) is 103 Å². The van der Waals surface area contributed by atoms with Crippen molar-refractivity contribution in [3.05, 3.63) is 76.9 Å². The molecule has 1 aliphatic carbocycles. The van der Waals surface area contributed by atoms with Crippen LogP contribution < -0.4 is 15.8 Å². The summed E-state index contributed by atoms with van der Waals surface area (Å²) >= 11 is 0. The molecule has 4 rings (SSSR count). The van der Waals surface area contributed by atoms with E-state index in [4.69, 9.17) is 10.5 Å². The van der Waals surface area contributed by atoms with Crippen LogP contribution in [0.15, 0.2) is 59.5 Å². The Hall–Kier alpha value is -2.69. The van der Waals surface area contributed by atoms with E-state index in [1.54, 1.807) is 30.3 Å². The largest absolute Gasteiger partial charge is 0.491 e. The third-order valence-electron chi connectivity index (χ3n) is 7.39. The average Bonchev–Trinajstić information content (AvgIpc) is 2.95. The van der Waals surface area contributed by atoms with E-state index in [-0.39, 0.29) is 74.0 Å². The molecule has 10 heteroatoms. The third kappa shape index (κ3) is 8.23. The monoisotopic (exact) mass is 601 g/mol. The van der Waals surface area contributed by atoms with E-state index in [2.05, 4.69) is 12.2 Å². The molecule has 1 radical (unpaired) electrons. The first kappa shape index (κ1) is 33.8. The molecule has 42 heavy (non-hydrogen) atoms. The van der Waals surface area contributed by atoms with Crippen LogP contribution in [0.4, 0.5) is 17.1 Å². The summed E-state index contributed by atoms with van der Waals surface area (Å²) in [6, 6.07) is 13.6. The fourth-order valence-electron chi connectivity index (χ4n) is 5.15. The van der Waals surface area contributed by atoms with Crippen molar-refractivity contribution in [2.75, 3.05) is 17.7 Å². The first-order valence-electron chi connectivity index (χ1n) is 14.3. The van der Waals surface area contributed by atoms with Crippen LogP contribution in [0, 0.1) is 0 Å². The quantitative estimate of drug-likeness (QED) is 0.0576. The van der Waals surface area contributed by atoms with E-state index in [0.717, 1.165) is 19.3 Å². The maximum Gasteiger partial charge on any atom is 0.294 e. The molecule has 1 aliphatic rings. The SMILES string of the molecule is CCCCCCCCCCCCOc1cc(Nc2ccc(S(=O)(=O)O)cc2)c2c(c1N)C(=O)c1ccccc1C2=O.[Na]. The Balaban J connectivity index is 0.00000484. The van der Waals surface area contributed by atoms with E-state index < -0.39 is 10.1 Å². The van der Waals surface area contributed by atoms with Gasteiger partial charge in [-0.25, -0.2) is 0 Å². The number of anilines is 3. The van der Waals surface area contributed by atoms with E-state index >= 15 is 0 Å². The third-order valence-corrected chi connectivity index (χ3v) is 8.25. The number of unbranched alkanes of at least 4 members (excludes halogenated alkanes) is 9. The first-order chi connectivity index (χ1) is 19.7. The predicted octanol–water partition coefficient (Wildman–Crippen LogP) is 6.95. The Bertz CT molecular complexity index is 1510. The molecule has 0 unspecified atom stereocenters. The minimum absolute atomic E-state index is 0. The van der Waals surface area contributed by atoms with Gasteiger partial charge in [-0.1, -0.05) is 89.0 Å². The second-order valence-corrected chi connectivity index (χ2v) is 11.9. The molecular formula is C32H38N2NaO6S. The van der Waals surface area contributed by atoms with Gasteiger partial charge in [0.15, 0.2) is 11.6 Å². The molecule has 3 aromatic rings. The Kier molecular flexibility index (Phi) is 12.6. The minimum Gasteiger partial charge on any atom is -0.491 e. The van der Waals surface area contributed by atoms with Gasteiger partial charge in [0, 0.05) is 52.4 Å². The summed E-state index contributed by atoms with van der Waals surface area (Å²) in [5.74, 6) is -0.403. The normalized spacial score (nSPS) is 12.3. The zero-order chi connectivity index (χ0) is 29.4. The Morgan fingerprint density at radius 1 is 0.786 bits per heavy atom. The number of hydrogen-bond donors (Lipinski definition) is 3. The number of benzene rings is 3. The molecule has 0 amide bonds. The van der Waals surface area contributed by atoms with E-state index in [1.165, 1.54) is 69.2 Å². The average molecular weight is 602 g/mol. The number of hydrogen-bond acceptors (Lipinski definition) is 7. The van der Waals surface area contributed by atoms with Crippen LogP contribution in [0.25, 0.3) is 0 Å². The Morgan fingerprint density at radius 3 is 1.86 bits per heavy atom. The maximum absolute atomic E-state index is 13.6. The van der Waals surface area contributed by atoms with Gasteiger partial charge in [0.05, 0.1) is 34.0 Å². The second-order valence-electron chi connectivity index (χ2n) is 10.4. The number of ketones is 2. The number of carbonyl (C=O) groups excluding carboxylic acids is 2. The number of nitrogens with two attached hydrogens (primary N) is 1. The van der Waals surface area contributed by atoms with Crippen molar-refractivity contribution in [2.24, 2.45) is 0 Å². The van der Waals surface area contributed by atoms with Gasteiger partial charge in [-0.3, -0.25) is 14.1 Å². The Morgan fingerprint density at radius 2 is 1.31 bits per heavy atom. The molecule has 219 valence electrons. The summed E-state index contributed by atoms with van der Waals surface area (Å²) in [5.41, 5.74) is 8.13. The van der Waals surface area contributed by atoms with Crippen LogP contribution in [-0.4, -0.2) is 60.7 Å². The van der Waals surface area contributed by atoms with Crippen LogP contribution in [0.2, 0.25) is 0 Å². The summed E-state index contributed by atoms with van der Waals surface area (Å²) in [4.78, 5) is 26.8. The second kappa shape index (κ2) is 15.7. The maximum atomic E-state index is 13.6. The molecule has 0 bridgehead atoms. The van der Waals surface area contributed by atoms with Gasteiger partial charge in [-0.15, -0.1) is 0 Å². The van der Waals surface area contributed by atoms with Crippen molar-refractivity contribution in [3.63, 3.8) is 0 Å². The molecule has 0 saturated heterocycles. The number of nitrogens with one attached hydrogen (secondary N) is 1. The van der Waals surface area contributed by atoms with Crippen molar-refractivity contribution < 1.29 is 27.3 Å². The fraction of sp³-hybridized carbons (Fsp3) is 0.375. The summed E-state index contributed by atoms with van der Waals surface area (Å²) in [5, 5.41) is 3.12. The number of nitrogen functional groups attached to an aromatic ring is 1. The standard InChI is InChI=1S/C32H38N2O6S.Na/c1-2-3-4-5-6-7-8-9-10-13-20-40-27-21-26(34-22-16-18-23(19-17-22)41(37,38)39)28-29(30(27)33)32(36)25-15-12-11-14-24(25)31(28)35;/h11-12,14-19,21,34H,2-10,13,20,33H2,1H3,(H,37,38,39);. The summed E-state index contributed by atoms with van der Waals surface area (Å²) in [6.07, 6.45) is 11.9. The van der Waals surface area contributed by atoms with Gasteiger partial charge < -0.3 is 15.8 Å². The van der Waals surface area contributed by atoms with Crippen molar-refractivity contribution in [1.29, 1.82) is 0 Å². The number of fused-ring (bicyclic) bond motifs is 2. The van der Waals surface area contributed by atoms with Crippen molar-refractivity contribution in [2.45, 2.75) is 76.0 Å². The van der Waals surface area contributed by atoms with Crippen LogP contribution >= 0.6 is 0 Å². The fourth-order valence-corrected chi connectivity index (χ4v) is 5.63. The molecule has 0 aliphatic heterocycles. The van der Waals surface area contributed by atoms with Gasteiger partial charge in [0.2, 0.25) is 0 Å². The molecule has 0 fully saturated rings. The predicted molar refractivity (Wildman–Crippen MR) is 167 cm³/mol. The van der Waals surface area contributed by atoms with Gasteiger partial charge in [0.1, 0.15) is 5.75 Å². The number of carbonyl (C=O) groups is 2. The van der Waals surface area contributed by atoms with Crippen LogP contribution in [-0.2, 0) is 10.1 Å². The molecule has 0 saturated carbocycles. The molecule has 0 spiro atoms. The molecular weight excluding hydrogens is 563 g/mol. The molecule has 8 nitrogen and oxygen atoms in total. The van der Waals surface area contributed by atoms with Crippen LogP contribution in [0.5, 0.6) is 5.75 Å². The smallest absolute Gasteiger partial charge is 0.294 e. The van der Waals surface area contributed by atoms with Gasteiger partial charge in [0.25, 0.3) is 10.1 Å². The topological polar surface area (TPSA) is 136 Å². The van der Waals surface area contributed by atoms with E-state index in [1.807, 2.05) is 0 Å². The first-order valence-corrected chi connectivity index (χ1v) is 15.8. The molecule has 4 N–H and O–H groups in total. The molecule has 0 aromatic heterocycles. The van der Waals surface area contributed by atoms with E-state index in [0.29, 0.717) is 23.7 Å². The van der Waals surface area contributed by atoms with Crippen molar-refractivity contribution in [3.8, 4) is 5.75 Å². The Labute approximate surface area is 270 Å². The van der Waals surface area contributed by atoms with Crippen molar-refractivity contribution >= 4 is 68.3 Å². The zero-order valence-electron chi connectivity index (χ0n) is 24.4. The van der Waals surface area contributed by atoms with Crippen molar-refractivity contribution in [1.82, 2.24) is 0 Å². The minimum atomic E-state index is -4.36.